The highest BCUT2D eigenvalue weighted by atomic mass is 16.5. The summed E-state index contributed by atoms with van der Waals surface area (Å²) in [5.41, 5.74) is 2.49. The molecule has 2 aromatic rings. The smallest absolute Gasteiger partial charge is 0.335 e. The maximum absolute atomic E-state index is 13.5. The summed E-state index contributed by atoms with van der Waals surface area (Å²) in [4.78, 5) is 41.2. The minimum atomic E-state index is -0.958. The molecular weight excluding hydrogens is 536 g/mol. The quantitative estimate of drug-likeness (QED) is 0.351. The monoisotopic (exact) mass is 580 g/mol. The van der Waals surface area contributed by atoms with E-state index in [-0.39, 0.29) is 54.6 Å². The van der Waals surface area contributed by atoms with Crippen molar-refractivity contribution in [2.45, 2.75) is 77.1 Å². The second-order valence-corrected chi connectivity index (χ2v) is 11.8. The topological polar surface area (TPSA) is 131 Å². The second kappa shape index (κ2) is 14.5. The number of benzene rings is 2. The molecule has 10 heteroatoms. The number of carboxylic acid groups (broad SMARTS) is 1. The van der Waals surface area contributed by atoms with Crippen LogP contribution in [0.15, 0.2) is 42.5 Å². The minimum Gasteiger partial charge on any atom is -0.488 e. The van der Waals surface area contributed by atoms with Gasteiger partial charge >= 0.3 is 12.0 Å². The van der Waals surface area contributed by atoms with Gasteiger partial charge in [0.25, 0.3) is 0 Å². The van der Waals surface area contributed by atoms with Gasteiger partial charge in [-0.15, -0.1) is 0 Å². The van der Waals surface area contributed by atoms with Crippen LogP contribution in [0.25, 0.3) is 0 Å². The van der Waals surface area contributed by atoms with Crippen LogP contribution in [-0.4, -0.2) is 82.9 Å². The summed E-state index contributed by atoms with van der Waals surface area (Å²) in [6.07, 6.45) is 5.24. The zero-order chi connectivity index (χ0) is 30.2. The predicted molar refractivity (Wildman–Crippen MR) is 161 cm³/mol. The summed E-state index contributed by atoms with van der Waals surface area (Å²) in [5.74, 6) is -0.522. The van der Waals surface area contributed by atoms with E-state index in [1.165, 1.54) is 6.42 Å². The van der Waals surface area contributed by atoms with Gasteiger partial charge in [0.1, 0.15) is 11.9 Å². The molecule has 1 aliphatic carbocycles. The van der Waals surface area contributed by atoms with Crippen LogP contribution in [0.5, 0.6) is 5.75 Å². The Morgan fingerprint density at radius 1 is 1.12 bits per heavy atom. The van der Waals surface area contributed by atoms with Crippen molar-refractivity contribution in [2.24, 2.45) is 5.92 Å². The van der Waals surface area contributed by atoms with Crippen LogP contribution < -0.4 is 15.4 Å². The fourth-order valence-corrected chi connectivity index (χ4v) is 5.76. The largest absolute Gasteiger partial charge is 0.488 e. The molecule has 4 rings (SSSR count). The molecule has 1 fully saturated rings. The Bertz CT molecular complexity index is 1230. The van der Waals surface area contributed by atoms with Crippen molar-refractivity contribution in [1.29, 1.82) is 0 Å². The predicted octanol–water partition coefficient (Wildman–Crippen LogP) is 4.12. The standard InChI is InChI=1S/C32H44N4O6/c1-21-17-36(22(2)20-37)30(38)16-25-15-27(34-32(41)33-26-7-5-4-6-8-26)13-14-28(25)42-29(21)19-35(3)18-23-9-11-24(12-10-23)31(39)40/h9-15,21-22,26,29,37H,4-8,16-20H2,1-3H3,(H,39,40)(H2,33,34,41)/t21-,22+,29+/m1/s1. The number of fused-ring (bicyclic) bond motifs is 1. The zero-order valence-corrected chi connectivity index (χ0v) is 24.8. The third-order valence-corrected chi connectivity index (χ3v) is 8.26. The van der Waals surface area contributed by atoms with Gasteiger partial charge in [0.2, 0.25) is 5.91 Å². The van der Waals surface area contributed by atoms with Gasteiger partial charge in [-0.1, -0.05) is 38.3 Å². The van der Waals surface area contributed by atoms with E-state index in [1.807, 2.05) is 39.1 Å². The molecule has 1 aliphatic heterocycles. The van der Waals surface area contributed by atoms with Gasteiger partial charge in [-0.3, -0.25) is 9.69 Å². The van der Waals surface area contributed by atoms with E-state index in [9.17, 15) is 24.6 Å². The Balaban J connectivity index is 1.52. The molecule has 2 aliphatic rings. The van der Waals surface area contributed by atoms with E-state index in [0.717, 1.165) is 31.2 Å². The Hall–Kier alpha value is -3.63. The Labute approximate surface area is 248 Å². The van der Waals surface area contributed by atoms with Crippen molar-refractivity contribution in [3.8, 4) is 5.75 Å². The SMILES string of the molecule is C[C@@H]1CN([C@@H](C)CO)C(=O)Cc2cc(NC(=O)NC3CCCCC3)ccc2O[C@H]1CN(C)Cc1ccc(C(=O)O)cc1. The van der Waals surface area contributed by atoms with E-state index in [4.69, 9.17) is 4.74 Å². The molecule has 0 unspecified atom stereocenters. The summed E-state index contributed by atoms with van der Waals surface area (Å²) in [7, 11) is 1.98. The lowest BCUT2D eigenvalue weighted by Gasteiger charge is -2.34. The third-order valence-electron chi connectivity index (χ3n) is 8.26. The molecule has 1 heterocycles. The second-order valence-electron chi connectivity index (χ2n) is 11.8. The van der Waals surface area contributed by atoms with Crippen LogP contribution in [0.4, 0.5) is 10.5 Å². The first-order chi connectivity index (χ1) is 20.1. The molecule has 4 N–H and O–H groups in total. The summed E-state index contributed by atoms with van der Waals surface area (Å²) < 4.78 is 6.59. The van der Waals surface area contributed by atoms with Crippen LogP contribution in [0.2, 0.25) is 0 Å². The molecule has 0 bridgehead atoms. The molecule has 2 aromatic carbocycles. The third kappa shape index (κ3) is 8.45. The fourth-order valence-electron chi connectivity index (χ4n) is 5.76. The number of urea groups is 1. The number of anilines is 1. The lowest BCUT2D eigenvalue weighted by atomic mass is 9.96. The first-order valence-corrected chi connectivity index (χ1v) is 14.9. The molecule has 3 amide bonds. The van der Waals surface area contributed by atoms with Crippen LogP contribution in [0.3, 0.4) is 0 Å². The number of rotatable bonds is 9. The van der Waals surface area contributed by atoms with Gasteiger partial charge in [-0.05, 0) is 62.7 Å². The van der Waals surface area contributed by atoms with Crippen LogP contribution in [0, 0.1) is 5.92 Å². The number of likely N-dealkylation sites (N-methyl/N-ethyl adjacent to an activating group) is 1. The molecule has 0 aromatic heterocycles. The highest BCUT2D eigenvalue weighted by Crippen LogP contribution is 2.29. The summed E-state index contributed by atoms with van der Waals surface area (Å²) in [6.45, 7) is 5.30. The zero-order valence-electron chi connectivity index (χ0n) is 24.8. The summed E-state index contributed by atoms with van der Waals surface area (Å²) >= 11 is 0. The van der Waals surface area contributed by atoms with E-state index in [0.29, 0.717) is 36.6 Å². The van der Waals surface area contributed by atoms with Crippen molar-refractivity contribution in [3.05, 3.63) is 59.2 Å². The van der Waals surface area contributed by atoms with Gasteiger partial charge in [-0.2, -0.15) is 0 Å². The summed E-state index contributed by atoms with van der Waals surface area (Å²) in [5, 5.41) is 25.1. The molecule has 228 valence electrons. The van der Waals surface area contributed by atoms with E-state index < -0.39 is 5.97 Å². The summed E-state index contributed by atoms with van der Waals surface area (Å²) in [6, 6.07) is 11.8. The minimum absolute atomic E-state index is 0.0511. The van der Waals surface area contributed by atoms with Crippen molar-refractivity contribution < 1.29 is 29.3 Å². The molecule has 10 nitrogen and oxygen atoms in total. The van der Waals surface area contributed by atoms with Gasteiger partial charge in [0.15, 0.2) is 0 Å². The van der Waals surface area contributed by atoms with E-state index in [1.54, 1.807) is 29.2 Å². The number of aromatic carboxylic acids is 1. The van der Waals surface area contributed by atoms with Gasteiger partial charge < -0.3 is 30.5 Å². The number of carbonyl (C=O) groups excluding carboxylic acids is 2. The first kappa shape index (κ1) is 31.3. The highest BCUT2D eigenvalue weighted by Gasteiger charge is 2.31. The van der Waals surface area contributed by atoms with Crippen molar-refractivity contribution >= 4 is 23.6 Å². The van der Waals surface area contributed by atoms with Crippen molar-refractivity contribution in [1.82, 2.24) is 15.1 Å². The number of carbonyl (C=O) groups is 3. The average Bonchev–Trinajstić information content (AvgIpc) is 3.00. The molecule has 0 spiro atoms. The molecule has 0 radical (unpaired) electrons. The average molecular weight is 581 g/mol. The van der Waals surface area contributed by atoms with E-state index >= 15 is 0 Å². The fraction of sp³-hybridized carbons (Fsp3) is 0.531. The number of nitrogens with one attached hydrogen (secondary N) is 2. The van der Waals surface area contributed by atoms with Crippen LogP contribution in [-0.2, 0) is 17.8 Å². The Morgan fingerprint density at radius 3 is 2.50 bits per heavy atom. The lowest BCUT2D eigenvalue weighted by Crippen LogP contribution is -2.47. The van der Waals surface area contributed by atoms with Crippen LogP contribution in [0.1, 0.15) is 67.4 Å². The molecule has 42 heavy (non-hydrogen) atoms. The lowest BCUT2D eigenvalue weighted by molar-refractivity contribution is -0.134. The molecule has 1 saturated carbocycles. The number of aliphatic hydroxyl groups is 1. The normalized spacial score (nSPS) is 20.5. The van der Waals surface area contributed by atoms with Gasteiger partial charge in [-0.25, -0.2) is 9.59 Å². The van der Waals surface area contributed by atoms with Gasteiger partial charge in [0.05, 0.1) is 24.6 Å². The van der Waals surface area contributed by atoms with Crippen molar-refractivity contribution in [2.75, 3.05) is 32.1 Å². The number of carboxylic acids is 1. The number of amides is 3. The maximum atomic E-state index is 13.5. The number of ether oxygens (including phenoxy) is 1. The molecule has 3 atom stereocenters. The Kier molecular flexibility index (Phi) is 10.8. The van der Waals surface area contributed by atoms with Gasteiger partial charge in [0, 0.05) is 42.8 Å². The first-order valence-electron chi connectivity index (χ1n) is 14.9. The number of nitrogens with zero attached hydrogens (tertiary/aromatic N) is 2. The van der Waals surface area contributed by atoms with Crippen LogP contribution >= 0.6 is 0 Å². The number of aliphatic hydroxyl groups excluding tert-OH is 1. The number of hydrogen-bond donors (Lipinski definition) is 4. The van der Waals surface area contributed by atoms with E-state index in [2.05, 4.69) is 15.5 Å². The molecular formula is C32H44N4O6. The Morgan fingerprint density at radius 2 is 1.83 bits per heavy atom. The molecule has 0 saturated heterocycles. The van der Waals surface area contributed by atoms with Crippen molar-refractivity contribution in [3.63, 3.8) is 0 Å². The maximum Gasteiger partial charge on any atom is 0.335 e. The number of hydrogen-bond acceptors (Lipinski definition) is 6. The highest BCUT2D eigenvalue weighted by molar-refractivity contribution is 5.90.